The Morgan fingerprint density at radius 1 is 1.17 bits per heavy atom. The van der Waals surface area contributed by atoms with Gasteiger partial charge in [0.1, 0.15) is 0 Å². The lowest BCUT2D eigenvalue weighted by Crippen LogP contribution is -1.89. The van der Waals surface area contributed by atoms with E-state index in [0.717, 1.165) is 22.4 Å². The molecule has 3 aromatic rings. The van der Waals surface area contributed by atoms with Crippen LogP contribution in [0.4, 0.5) is 0 Å². The summed E-state index contributed by atoms with van der Waals surface area (Å²) in [5.74, 6) is 0.500. The molecule has 2 heterocycles. The van der Waals surface area contributed by atoms with Crippen molar-refractivity contribution in [2.24, 2.45) is 0 Å². The monoisotopic (exact) mass is 238 g/mol. The second kappa shape index (κ2) is 4.37. The molecule has 3 rings (SSSR count). The minimum Gasteiger partial charge on any atom is -0.423 e. The first-order valence-electron chi connectivity index (χ1n) is 5.48. The van der Waals surface area contributed by atoms with Gasteiger partial charge in [-0.3, -0.25) is 9.97 Å². The van der Waals surface area contributed by atoms with E-state index in [2.05, 4.69) is 20.2 Å². The van der Waals surface area contributed by atoms with Crippen molar-refractivity contribution in [3.63, 3.8) is 0 Å². The maximum Gasteiger partial charge on any atom is 0.247 e. The molecule has 0 amide bonds. The Morgan fingerprint density at radius 3 is 2.83 bits per heavy atom. The maximum atomic E-state index is 5.19. The number of nitrogens with zero attached hydrogens (tertiary/aromatic N) is 4. The molecule has 0 bridgehead atoms. The van der Waals surface area contributed by atoms with E-state index in [1.807, 2.05) is 25.1 Å². The summed E-state index contributed by atoms with van der Waals surface area (Å²) in [7, 11) is 0. The number of hydrogen-bond donors (Lipinski definition) is 0. The van der Waals surface area contributed by atoms with E-state index in [9.17, 15) is 0 Å². The molecule has 0 saturated heterocycles. The summed E-state index contributed by atoms with van der Waals surface area (Å²) in [5, 5.41) is 7.58. The third-order valence-electron chi connectivity index (χ3n) is 2.68. The maximum absolute atomic E-state index is 5.19. The highest BCUT2D eigenvalue weighted by atomic mass is 16.4. The van der Waals surface area contributed by atoms with Gasteiger partial charge in [0.15, 0.2) is 0 Å². The van der Waals surface area contributed by atoms with Crippen LogP contribution in [0.15, 0.2) is 47.6 Å². The molecule has 0 fully saturated rings. The van der Waals surface area contributed by atoms with Crippen LogP contribution < -0.4 is 0 Å². The Morgan fingerprint density at radius 2 is 2.11 bits per heavy atom. The van der Waals surface area contributed by atoms with Crippen molar-refractivity contribution in [2.75, 3.05) is 0 Å². The first-order chi connectivity index (χ1) is 8.84. The zero-order chi connectivity index (χ0) is 12.4. The lowest BCUT2D eigenvalue weighted by atomic mass is 10.0. The molecular weight excluding hydrogens is 228 g/mol. The van der Waals surface area contributed by atoms with Crippen molar-refractivity contribution in [1.29, 1.82) is 0 Å². The molecule has 0 unspecified atom stereocenters. The minimum absolute atomic E-state index is 0.500. The summed E-state index contributed by atoms with van der Waals surface area (Å²) >= 11 is 0. The van der Waals surface area contributed by atoms with E-state index < -0.39 is 0 Å². The first-order valence-corrected chi connectivity index (χ1v) is 5.48. The van der Waals surface area contributed by atoms with Gasteiger partial charge in [-0.15, -0.1) is 10.2 Å². The Bertz CT molecular complexity index is 650. The van der Waals surface area contributed by atoms with Crippen LogP contribution >= 0.6 is 0 Å². The van der Waals surface area contributed by atoms with Crippen molar-refractivity contribution in [3.8, 4) is 22.7 Å². The molecule has 18 heavy (non-hydrogen) atoms. The normalized spacial score (nSPS) is 10.5. The fraction of sp³-hybridized carbons (Fsp3) is 0.0769. The summed E-state index contributed by atoms with van der Waals surface area (Å²) in [6, 6.07) is 5.93. The predicted octanol–water partition coefficient (Wildman–Crippen LogP) is 2.50. The van der Waals surface area contributed by atoms with E-state index in [1.54, 1.807) is 18.6 Å². The van der Waals surface area contributed by atoms with E-state index in [4.69, 9.17) is 4.42 Å². The lowest BCUT2D eigenvalue weighted by Gasteiger charge is -2.05. The molecule has 0 spiro atoms. The molecular formula is C13H10N4O. The highest BCUT2D eigenvalue weighted by Crippen LogP contribution is 2.26. The van der Waals surface area contributed by atoms with Gasteiger partial charge in [0, 0.05) is 23.5 Å². The standard InChI is InChI=1S/C13H10N4O/c1-9-2-3-10(13-17-16-8-18-13)6-11(9)12-7-14-4-5-15-12/h2-8H,1H3. The largest absolute Gasteiger partial charge is 0.423 e. The number of benzene rings is 1. The van der Waals surface area contributed by atoms with E-state index in [0.29, 0.717) is 5.89 Å². The molecule has 0 aliphatic carbocycles. The van der Waals surface area contributed by atoms with Gasteiger partial charge in [0.2, 0.25) is 12.3 Å². The molecule has 5 heteroatoms. The van der Waals surface area contributed by atoms with Gasteiger partial charge < -0.3 is 4.42 Å². The molecule has 0 atom stereocenters. The van der Waals surface area contributed by atoms with Crippen LogP contribution in [0.1, 0.15) is 5.56 Å². The smallest absolute Gasteiger partial charge is 0.247 e. The van der Waals surface area contributed by atoms with E-state index >= 15 is 0 Å². The van der Waals surface area contributed by atoms with Gasteiger partial charge in [-0.1, -0.05) is 6.07 Å². The Hall–Kier alpha value is -2.56. The van der Waals surface area contributed by atoms with Crippen LogP contribution in [0.25, 0.3) is 22.7 Å². The van der Waals surface area contributed by atoms with Gasteiger partial charge in [-0.2, -0.15) is 0 Å². The van der Waals surface area contributed by atoms with Gasteiger partial charge in [-0.25, -0.2) is 0 Å². The quantitative estimate of drug-likeness (QED) is 0.686. The van der Waals surface area contributed by atoms with Crippen molar-refractivity contribution in [3.05, 3.63) is 48.7 Å². The zero-order valence-corrected chi connectivity index (χ0v) is 9.74. The molecule has 0 radical (unpaired) electrons. The Labute approximate surface area is 104 Å². The molecule has 1 aromatic carbocycles. The van der Waals surface area contributed by atoms with Crippen molar-refractivity contribution in [2.45, 2.75) is 6.92 Å². The van der Waals surface area contributed by atoms with Crippen LogP contribution in [0, 0.1) is 6.92 Å². The zero-order valence-electron chi connectivity index (χ0n) is 9.74. The number of aromatic nitrogens is 4. The highest BCUT2D eigenvalue weighted by Gasteiger charge is 2.08. The second-order valence-corrected chi connectivity index (χ2v) is 3.86. The molecule has 88 valence electrons. The second-order valence-electron chi connectivity index (χ2n) is 3.86. The summed E-state index contributed by atoms with van der Waals surface area (Å²) in [5.41, 5.74) is 3.84. The van der Waals surface area contributed by atoms with Crippen molar-refractivity contribution in [1.82, 2.24) is 20.2 Å². The van der Waals surface area contributed by atoms with Gasteiger partial charge >= 0.3 is 0 Å². The van der Waals surface area contributed by atoms with E-state index in [1.165, 1.54) is 6.39 Å². The first kappa shape index (κ1) is 10.6. The number of rotatable bonds is 2. The van der Waals surface area contributed by atoms with Crippen molar-refractivity contribution >= 4 is 0 Å². The Balaban J connectivity index is 2.13. The summed E-state index contributed by atoms with van der Waals surface area (Å²) in [6.45, 7) is 2.03. The molecule has 0 saturated carbocycles. The predicted molar refractivity (Wildman–Crippen MR) is 65.5 cm³/mol. The highest BCUT2D eigenvalue weighted by molar-refractivity contribution is 5.69. The topological polar surface area (TPSA) is 64.7 Å². The van der Waals surface area contributed by atoms with E-state index in [-0.39, 0.29) is 0 Å². The average molecular weight is 238 g/mol. The van der Waals surface area contributed by atoms with Crippen LogP contribution in [-0.4, -0.2) is 20.2 Å². The summed E-state index contributed by atoms with van der Waals surface area (Å²) in [4.78, 5) is 8.38. The molecule has 0 N–H and O–H groups in total. The summed E-state index contributed by atoms with van der Waals surface area (Å²) in [6.07, 6.45) is 6.38. The number of aryl methyl sites for hydroxylation is 1. The van der Waals surface area contributed by atoms with Crippen LogP contribution in [0.5, 0.6) is 0 Å². The molecule has 0 aliphatic rings. The third-order valence-corrected chi connectivity index (χ3v) is 2.68. The third kappa shape index (κ3) is 1.86. The fourth-order valence-electron chi connectivity index (χ4n) is 1.77. The molecule has 5 nitrogen and oxygen atoms in total. The number of hydrogen-bond acceptors (Lipinski definition) is 5. The van der Waals surface area contributed by atoms with Crippen molar-refractivity contribution < 1.29 is 4.42 Å². The van der Waals surface area contributed by atoms with Crippen LogP contribution in [0.3, 0.4) is 0 Å². The molecule has 0 aliphatic heterocycles. The lowest BCUT2D eigenvalue weighted by molar-refractivity contribution is 0.568. The minimum atomic E-state index is 0.500. The SMILES string of the molecule is Cc1ccc(-c2nnco2)cc1-c1cnccn1. The fourth-order valence-corrected chi connectivity index (χ4v) is 1.77. The van der Waals surface area contributed by atoms with Gasteiger partial charge in [0.25, 0.3) is 0 Å². The van der Waals surface area contributed by atoms with Crippen LogP contribution in [0.2, 0.25) is 0 Å². The van der Waals surface area contributed by atoms with Gasteiger partial charge in [-0.05, 0) is 24.6 Å². The van der Waals surface area contributed by atoms with Gasteiger partial charge in [0.05, 0.1) is 11.9 Å². The molecule has 2 aromatic heterocycles. The Kier molecular flexibility index (Phi) is 2.57. The summed E-state index contributed by atoms with van der Waals surface area (Å²) < 4.78 is 5.19. The average Bonchev–Trinajstić information content (AvgIpc) is 2.94. The van der Waals surface area contributed by atoms with Crippen LogP contribution in [-0.2, 0) is 0 Å².